The first-order valence-corrected chi connectivity index (χ1v) is 8.82. The van der Waals surface area contributed by atoms with Crippen LogP contribution in [0.4, 0.5) is 0 Å². The molecule has 0 bridgehead atoms. The summed E-state index contributed by atoms with van der Waals surface area (Å²) in [5.41, 5.74) is 0.888. The fraction of sp³-hybridized carbons (Fsp3) is 0.353. The van der Waals surface area contributed by atoms with Crippen LogP contribution in [0.2, 0.25) is 0 Å². The molecule has 7 heteroatoms. The zero-order valence-electron chi connectivity index (χ0n) is 13.6. The Labute approximate surface area is 151 Å². The lowest BCUT2D eigenvalue weighted by Gasteiger charge is -2.13. The first-order chi connectivity index (χ1) is 11.5. The van der Waals surface area contributed by atoms with E-state index in [1.807, 2.05) is 31.2 Å². The summed E-state index contributed by atoms with van der Waals surface area (Å²) in [5.74, 6) is 0.263. The molecule has 24 heavy (non-hydrogen) atoms. The van der Waals surface area contributed by atoms with E-state index in [9.17, 15) is 9.59 Å². The van der Waals surface area contributed by atoms with E-state index in [4.69, 9.17) is 21.7 Å². The van der Waals surface area contributed by atoms with E-state index in [-0.39, 0.29) is 24.8 Å². The van der Waals surface area contributed by atoms with E-state index < -0.39 is 0 Å². The summed E-state index contributed by atoms with van der Waals surface area (Å²) in [4.78, 5) is 26.0. The number of amides is 1. The minimum atomic E-state index is -0.315. The summed E-state index contributed by atoms with van der Waals surface area (Å²) in [7, 11) is 1.60. The highest BCUT2D eigenvalue weighted by atomic mass is 32.2. The van der Waals surface area contributed by atoms with Gasteiger partial charge in [-0.05, 0) is 30.2 Å². The Kier molecular flexibility index (Phi) is 6.81. The fourth-order valence-electron chi connectivity index (χ4n) is 2.04. The molecule has 1 amide bonds. The van der Waals surface area contributed by atoms with Crippen molar-refractivity contribution < 1.29 is 19.1 Å². The van der Waals surface area contributed by atoms with Crippen LogP contribution in [-0.4, -0.2) is 41.4 Å². The van der Waals surface area contributed by atoms with Crippen molar-refractivity contribution in [2.75, 3.05) is 20.3 Å². The Bertz CT molecular complexity index is 655. The van der Waals surface area contributed by atoms with Crippen molar-refractivity contribution in [3.05, 3.63) is 34.7 Å². The molecule has 0 unspecified atom stereocenters. The third-order valence-electron chi connectivity index (χ3n) is 3.29. The van der Waals surface area contributed by atoms with Gasteiger partial charge < -0.3 is 9.47 Å². The van der Waals surface area contributed by atoms with E-state index in [0.29, 0.717) is 15.8 Å². The Morgan fingerprint density at radius 2 is 2.04 bits per heavy atom. The van der Waals surface area contributed by atoms with Gasteiger partial charge in [-0.1, -0.05) is 43.0 Å². The summed E-state index contributed by atoms with van der Waals surface area (Å²) in [5, 5.41) is 0. The summed E-state index contributed by atoms with van der Waals surface area (Å²) < 4.78 is 10.6. The maximum absolute atomic E-state index is 12.4. The molecule has 0 saturated carbocycles. The van der Waals surface area contributed by atoms with Crippen molar-refractivity contribution in [1.82, 2.24) is 4.90 Å². The number of thiocarbonyl (C=S) groups is 1. The van der Waals surface area contributed by atoms with Crippen molar-refractivity contribution in [3.63, 3.8) is 0 Å². The number of hydrogen-bond acceptors (Lipinski definition) is 6. The zero-order chi connectivity index (χ0) is 17.5. The first kappa shape index (κ1) is 18.5. The monoisotopic (exact) mass is 365 g/mol. The van der Waals surface area contributed by atoms with Gasteiger partial charge in [-0.15, -0.1) is 0 Å². The van der Waals surface area contributed by atoms with Crippen molar-refractivity contribution in [2.24, 2.45) is 0 Å². The van der Waals surface area contributed by atoms with Gasteiger partial charge in [-0.2, -0.15) is 0 Å². The van der Waals surface area contributed by atoms with Gasteiger partial charge in [-0.25, -0.2) is 0 Å². The van der Waals surface area contributed by atoms with Crippen LogP contribution in [0.3, 0.4) is 0 Å². The van der Waals surface area contributed by atoms with Crippen LogP contribution in [0, 0.1) is 0 Å². The van der Waals surface area contributed by atoms with Crippen LogP contribution in [0.1, 0.15) is 25.3 Å². The molecule has 0 atom stereocenters. The average Bonchev–Trinajstić information content (AvgIpc) is 2.85. The van der Waals surface area contributed by atoms with Crippen molar-refractivity contribution in [2.45, 2.75) is 19.8 Å². The highest BCUT2D eigenvalue weighted by Gasteiger charge is 2.32. The molecule has 1 aliphatic heterocycles. The number of carbonyl (C=O) groups is 2. The van der Waals surface area contributed by atoms with Crippen LogP contribution in [0.15, 0.2) is 29.2 Å². The van der Waals surface area contributed by atoms with E-state index in [1.54, 1.807) is 13.2 Å². The number of nitrogens with zero attached hydrogens (tertiary/aromatic N) is 1. The molecule has 0 N–H and O–H groups in total. The summed E-state index contributed by atoms with van der Waals surface area (Å²) >= 11 is 6.49. The van der Waals surface area contributed by atoms with E-state index >= 15 is 0 Å². The van der Waals surface area contributed by atoms with Gasteiger partial charge in [0, 0.05) is 6.54 Å². The number of benzene rings is 1. The largest absolute Gasteiger partial charge is 0.497 e. The zero-order valence-corrected chi connectivity index (χ0v) is 15.2. The van der Waals surface area contributed by atoms with Crippen molar-refractivity contribution in [1.29, 1.82) is 0 Å². The molecule has 1 saturated heterocycles. The number of rotatable bonds is 7. The second kappa shape index (κ2) is 8.84. The van der Waals surface area contributed by atoms with Gasteiger partial charge in [-0.3, -0.25) is 14.5 Å². The molecule has 0 spiro atoms. The SMILES string of the molecule is CCCOC(=O)CCN1C(=O)C(=Cc2ccc(OC)cc2)SC1=S. The molecule has 1 aromatic carbocycles. The quantitative estimate of drug-likeness (QED) is 0.420. The van der Waals surface area contributed by atoms with Crippen molar-refractivity contribution in [3.8, 4) is 5.75 Å². The molecule has 5 nitrogen and oxygen atoms in total. The summed E-state index contributed by atoms with van der Waals surface area (Å²) in [6, 6.07) is 7.40. The maximum atomic E-state index is 12.4. The molecular formula is C17H19NO4S2. The lowest BCUT2D eigenvalue weighted by atomic mass is 10.2. The predicted octanol–water partition coefficient (Wildman–Crippen LogP) is 3.24. The predicted molar refractivity (Wildman–Crippen MR) is 98.7 cm³/mol. The van der Waals surface area contributed by atoms with Crippen LogP contribution in [0.25, 0.3) is 6.08 Å². The van der Waals surface area contributed by atoms with E-state index in [1.165, 1.54) is 16.7 Å². The highest BCUT2D eigenvalue weighted by molar-refractivity contribution is 8.26. The molecule has 1 aromatic rings. The molecule has 0 aliphatic carbocycles. The van der Waals surface area contributed by atoms with Gasteiger partial charge in [0.05, 0.1) is 25.0 Å². The number of ether oxygens (including phenoxy) is 2. The molecule has 0 radical (unpaired) electrons. The van der Waals surface area contributed by atoms with Gasteiger partial charge in [0.25, 0.3) is 5.91 Å². The minimum absolute atomic E-state index is 0.141. The molecule has 1 fully saturated rings. The van der Waals surface area contributed by atoms with Crippen LogP contribution in [0.5, 0.6) is 5.75 Å². The standard InChI is InChI=1S/C17H19NO4S2/c1-3-10-22-15(19)8-9-18-16(20)14(24-17(18)23)11-12-4-6-13(21-2)7-5-12/h4-7,11H,3,8-10H2,1-2H3. The first-order valence-electron chi connectivity index (χ1n) is 7.60. The molecule has 128 valence electrons. The van der Waals surface area contributed by atoms with Crippen LogP contribution >= 0.6 is 24.0 Å². The maximum Gasteiger partial charge on any atom is 0.307 e. The van der Waals surface area contributed by atoms with Gasteiger partial charge in [0.15, 0.2) is 0 Å². The second-order valence-electron chi connectivity index (χ2n) is 5.08. The van der Waals surface area contributed by atoms with Crippen LogP contribution < -0.4 is 4.74 Å². The Morgan fingerprint density at radius 1 is 1.33 bits per heavy atom. The Balaban J connectivity index is 1.99. The molecule has 0 aromatic heterocycles. The second-order valence-corrected chi connectivity index (χ2v) is 6.75. The number of esters is 1. The van der Waals surface area contributed by atoms with Crippen molar-refractivity contribution >= 4 is 46.3 Å². The van der Waals surface area contributed by atoms with Gasteiger partial charge in [0.2, 0.25) is 0 Å². The average molecular weight is 365 g/mol. The molecule has 2 rings (SSSR count). The normalized spacial score (nSPS) is 15.9. The minimum Gasteiger partial charge on any atom is -0.497 e. The smallest absolute Gasteiger partial charge is 0.307 e. The number of methoxy groups -OCH3 is 1. The van der Waals surface area contributed by atoms with Crippen LogP contribution in [-0.2, 0) is 14.3 Å². The topological polar surface area (TPSA) is 55.8 Å². The molecule has 1 heterocycles. The number of thioether (sulfide) groups is 1. The fourth-order valence-corrected chi connectivity index (χ4v) is 3.34. The third-order valence-corrected chi connectivity index (χ3v) is 4.67. The Morgan fingerprint density at radius 3 is 2.67 bits per heavy atom. The number of carbonyl (C=O) groups excluding carboxylic acids is 2. The lowest BCUT2D eigenvalue weighted by Crippen LogP contribution is -2.30. The van der Waals surface area contributed by atoms with E-state index in [0.717, 1.165) is 17.7 Å². The summed E-state index contributed by atoms with van der Waals surface area (Å²) in [6.45, 7) is 2.57. The molecule has 1 aliphatic rings. The highest BCUT2D eigenvalue weighted by Crippen LogP contribution is 2.32. The van der Waals surface area contributed by atoms with E-state index in [2.05, 4.69) is 0 Å². The van der Waals surface area contributed by atoms with Gasteiger partial charge in [0.1, 0.15) is 10.1 Å². The number of hydrogen-bond donors (Lipinski definition) is 0. The summed E-state index contributed by atoms with van der Waals surface area (Å²) in [6.07, 6.45) is 2.70. The van der Waals surface area contributed by atoms with Gasteiger partial charge >= 0.3 is 5.97 Å². The third kappa shape index (κ3) is 4.82. The Hall–Kier alpha value is -1.86. The molecular weight excluding hydrogens is 346 g/mol. The lowest BCUT2D eigenvalue weighted by molar-refractivity contribution is -0.143.